The number of rotatable bonds is 2. The molecule has 2 unspecified atom stereocenters. The van der Waals surface area contributed by atoms with Crippen LogP contribution in [-0.2, 0) is 24.5 Å². The number of nitrogens with one attached hydrogen (secondary N) is 1. The summed E-state index contributed by atoms with van der Waals surface area (Å²) in [6.07, 6.45) is 2.51. The summed E-state index contributed by atoms with van der Waals surface area (Å²) in [7, 11) is 1.41. The molecule has 2 bridgehead atoms. The van der Waals surface area contributed by atoms with Gasteiger partial charge in [-0.3, -0.25) is 9.69 Å². The molecule has 0 amide bonds. The molecule has 5 rings (SSSR count). The van der Waals surface area contributed by atoms with Crippen LogP contribution >= 0.6 is 0 Å². The van der Waals surface area contributed by atoms with Crippen molar-refractivity contribution in [2.75, 3.05) is 25.5 Å². The van der Waals surface area contributed by atoms with E-state index in [1.807, 2.05) is 31.2 Å². The maximum atomic E-state index is 13.0. The largest absolute Gasteiger partial charge is 0.466 e. The van der Waals surface area contributed by atoms with Crippen molar-refractivity contribution in [2.24, 2.45) is 5.92 Å². The fourth-order valence-corrected chi connectivity index (χ4v) is 5.99. The van der Waals surface area contributed by atoms with E-state index in [0.29, 0.717) is 5.57 Å². The summed E-state index contributed by atoms with van der Waals surface area (Å²) in [6.45, 7) is 5.09. The second-order valence-corrected chi connectivity index (χ2v) is 8.00. The Bertz CT molecular complexity index is 950. The van der Waals surface area contributed by atoms with Crippen LogP contribution in [0.5, 0.6) is 0 Å². The quantitative estimate of drug-likeness (QED) is 0.628. The molecule has 0 radical (unpaired) electrons. The monoisotopic (exact) mass is 380 g/mol. The van der Waals surface area contributed by atoms with E-state index in [9.17, 15) is 9.59 Å². The van der Waals surface area contributed by atoms with Crippen molar-refractivity contribution in [1.82, 2.24) is 4.90 Å². The van der Waals surface area contributed by atoms with Gasteiger partial charge < -0.3 is 14.8 Å². The Morgan fingerprint density at radius 1 is 1.32 bits per heavy atom. The van der Waals surface area contributed by atoms with Gasteiger partial charge in [-0.05, 0) is 30.5 Å². The molecule has 3 aliphatic heterocycles. The highest BCUT2D eigenvalue weighted by atomic mass is 16.5. The minimum atomic E-state index is -0.411. The molecule has 2 fully saturated rings. The van der Waals surface area contributed by atoms with Crippen LogP contribution in [0, 0.1) is 5.92 Å². The van der Waals surface area contributed by atoms with Gasteiger partial charge in [0.15, 0.2) is 0 Å². The van der Waals surface area contributed by atoms with Crippen LogP contribution in [0.4, 0.5) is 5.69 Å². The molecule has 1 aromatic carbocycles. The number of esters is 2. The van der Waals surface area contributed by atoms with Crippen LogP contribution < -0.4 is 5.32 Å². The molecule has 1 aliphatic carbocycles. The third-order valence-corrected chi connectivity index (χ3v) is 6.89. The van der Waals surface area contributed by atoms with E-state index in [-0.39, 0.29) is 29.3 Å². The van der Waals surface area contributed by atoms with Crippen molar-refractivity contribution >= 4 is 17.6 Å². The van der Waals surface area contributed by atoms with E-state index in [0.717, 1.165) is 36.5 Å². The number of piperidine rings is 1. The van der Waals surface area contributed by atoms with E-state index < -0.39 is 6.10 Å². The average molecular weight is 380 g/mol. The number of hydrogen-bond acceptors (Lipinski definition) is 6. The number of fused-ring (bicyclic) bond motifs is 2. The number of ether oxygens (including phenoxy) is 2. The first-order chi connectivity index (χ1) is 13.5. The minimum Gasteiger partial charge on any atom is -0.466 e. The predicted molar refractivity (Wildman–Crippen MR) is 104 cm³/mol. The predicted octanol–water partition coefficient (Wildman–Crippen LogP) is 2.37. The molecule has 1 spiro atoms. The van der Waals surface area contributed by atoms with Gasteiger partial charge in [0.1, 0.15) is 6.10 Å². The fourth-order valence-electron chi connectivity index (χ4n) is 5.99. The molecule has 1 aromatic rings. The Morgan fingerprint density at radius 2 is 2.11 bits per heavy atom. The lowest BCUT2D eigenvalue weighted by molar-refractivity contribution is -0.156. The van der Waals surface area contributed by atoms with Crippen molar-refractivity contribution in [3.8, 4) is 0 Å². The lowest BCUT2D eigenvalue weighted by atomic mass is 9.60. The van der Waals surface area contributed by atoms with Gasteiger partial charge in [-0.1, -0.05) is 24.3 Å². The summed E-state index contributed by atoms with van der Waals surface area (Å²) in [5, 5.41) is 3.55. The Balaban J connectivity index is 1.84. The second-order valence-electron chi connectivity index (χ2n) is 8.00. The molecular weight excluding hydrogens is 356 g/mol. The standard InChI is InChI=1S/C22H24N2O4/c1-4-13-11-24-10-9-22-14-7-5-6-8-15(14)23-19(22)17(21(26)27-3)16(13)18(20(22)24)28-12(2)25/h4-8,16,18,20,23H,9-11H2,1-3H3/b13-4-/t16-,18?,20-,22?/m0/s1. The van der Waals surface area contributed by atoms with Crippen molar-refractivity contribution in [1.29, 1.82) is 0 Å². The molecule has 0 saturated carbocycles. The number of methoxy groups -OCH3 is 1. The van der Waals surface area contributed by atoms with Gasteiger partial charge in [0, 0.05) is 31.4 Å². The Labute approximate surface area is 164 Å². The van der Waals surface area contributed by atoms with E-state index in [4.69, 9.17) is 9.47 Å². The van der Waals surface area contributed by atoms with E-state index >= 15 is 0 Å². The van der Waals surface area contributed by atoms with Gasteiger partial charge in [-0.2, -0.15) is 0 Å². The first-order valence-electron chi connectivity index (χ1n) is 9.78. The van der Waals surface area contributed by atoms with E-state index in [2.05, 4.69) is 16.3 Å². The Hall–Kier alpha value is -2.60. The lowest BCUT2D eigenvalue weighted by Gasteiger charge is -2.52. The van der Waals surface area contributed by atoms with Gasteiger partial charge in [0.05, 0.1) is 30.1 Å². The maximum absolute atomic E-state index is 13.0. The minimum absolute atomic E-state index is 0.00431. The Kier molecular flexibility index (Phi) is 3.72. The molecule has 2 saturated heterocycles. The third-order valence-electron chi connectivity index (χ3n) is 6.89. The van der Waals surface area contributed by atoms with Gasteiger partial charge in [0.25, 0.3) is 0 Å². The lowest BCUT2D eigenvalue weighted by Crippen LogP contribution is -2.63. The second kappa shape index (κ2) is 5.95. The zero-order valence-corrected chi connectivity index (χ0v) is 16.3. The summed E-state index contributed by atoms with van der Waals surface area (Å²) in [4.78, 5) is 27.5. The summed E-state index contributed by atoms with van der Waals surface area (Å²) < 4.78 is 11.1. The molecule has 146 valence electrons. The van der Waals surface area contributed by atoms with Gasteiger partial charge in [-0.25, -0.2) is 4.79 Å². The molecule has 3 heterocycles. The zero-order valence-electron chi connectivity index (χ0n) is 16.3. The van der Waals surface area contributed by atoms with Gasteiger partial charge in [-0.15, -0.1) is 0 Å². The summed E-state index contributed by atoms with van der Waals surface area (Å²) in [5.41, 5.74) is 4.46. The summed E-state index contributed by atoms with van der Waals surface area (Å²) >= 11 is 0. The topological polar surface area (TPSA) is 67.9 Å². The maximum Gasteiger partial charge on any atom is 0.336 e. The van der Waals surface area contributed by atoms with Crippen LogP contribution in [0.3, 0.4) is 0 Å². The number of benzene rings is 1. The number of nitrogens with zero attached hydrogens (tertiary/aromatic N) is 1. The van der Waals surface area contributed by atoms with Crippen LogP contribution in [-0.4, -0.2) is 49.2 Å². The average Bonchev–Trinajstić information content (AvgIpc) is 3.24. The van der Waals surface area contributed by atoms with E-state index in [1.54, 1.807) is 0 Å². The summed E-state index contributed by atoms with van der Waals surface area (Å²) in [5.74, 6) is -0.957. The van der Waals surface area contributed by atoms with Crippen molar-refractivity contribution < 1.29 is 19.1 Å². The highest BCUT2D eigenvalue weighted by molar-refractivity contribution is 5.94. The van der Waals surface area contributed by atoms with Crippen LogP contribution in [0.25, 0.3) is 0 Å². The number of carbonyl (C=O) groups excluding carboxylic acids is 2. The Morgan fingerprint density at radius 3 is 2.82 bits per heavy atom. The molecule has 1 N–H and O–H groups in total. The molecule has 4 atom stereocenters. The third kappa shape index (κ3) is 2.01. The number of para-hydroxylation sites is 1. The van der Waals surface area contributed by atoms with Crippen molar-refractivity contribution in [3.05, 3.63) is 52.7 Å². The molecule has 6 heteroatoms. The molecular formula is C22H24N2O4. The molecule has 28 heavy (non-hydrogen) atoms. The molecule has 6 nitrogen and oxygen atoms in total. The fraction of sp³-hybridized carbons (Fsp3) is 0.455. The van der Waals surface area contributed by atoms with Crippen LogP contribution in [0.15, 0.2) is 47.2 Å². The van der Waals surface area contributed by atoms with Crippen LogP contribution in [0.1, 0.15) is 25.8 Å². The SMILES string of the molecule is C/C=C1/CN2CCC34C(=C(C(=O)OC)[C@H]1C(OC(C)=O)[C@H]23)Nc1ccccc14. The molecule has 0 aromatic heterocycles. The van der Waals surface area contributed by atoms with Gasteiger partial charge in [0.2, 0.25) is 0 Å². The number of carbonyl (C=O) groups is 2. The normalized spacial score (nSPS) is 34.0. The van der Waals surface area contributed by atoms with Crippen molar-refractivity contribution in [2.45, 2.75) is 37.8 Å². The van der Waals surface area contributed by atoms with Gasteiger partial charge >= 0.3 is 11.9 Å². The highest BCUT2D eigenvalue weighted by Crippen LogP contribution is 2.61. The van der Waals surface area contributed by atoms with E-state index in [1.165, 1.54) is 19.6 Å². The number of allylic oxidation sites excluding steroid dienone is 1. The first-order valence-corrected chi connectivity index (χ1v) is 9.78. The number of anilines is 1. The smallest absolute Gasteiger partial charge is 0.336 e. The van der Waals surface area contributed by atoms with Crippen LogP contribution in [0.2, 0.25) is 0 Å². The highest BCUT2D eigenvalue weighted by Gasteiger charge is 2.67. The summed E-state index contributed by atoms with van der Waals surface area (Å²) in [6, 6.07) is 8.21. The van der Waals surface area contributed by atoms with Crippen molar-refractivity contribution in [3.63, 3.8) is 0 Å². The zero-order chi connectivity index (χ0) is 19.6. The number of hydrogen-bond donors (Lipinski definition) is 1. The first kappa shape index (κ1) is 17.5. The molecule has 4 aliphatic rings.